The summed E-state index contributed by atoms with van der Waals surface area (Å²) in [5.41, 5.74) is 1.56. The number of halogens is 1. The van der Waals surface area contributed by atoms with Gasteiger partial charge in [-0.3, -0.25) is 5.32 Å². The van der Waals surface area contributed by atoms with E-state index >= 15 is 0 Å². The number of carbonyl (C=O) groups excluding carboxylic acids is 1. The van der Waals surface area contributed by atoms with Crippen molar-refractivity contribution < 1.29 is 9.53 Å². The van der Waals surface area contributed by atoms with Gasteiger partial charge in [-0.1, -0.05) is 55.3 Å². The van der Waals surface area contributed by atoms with Crippen LogP contribution in [-0.2, 0) is 4.74 Å². The smallest absolute Gasteiger partial charge is 0.412 e. The number of amides is 1. The molecule has 0 aromatic heterocycles. The molecule has 0 bridgehead atoms. The van der Waals surface area contributed by atoms with E-state index in [1.807, 2.05) is 37.3 Å². The number of benzene rings is 1. The number of alkyl carbamates (subject to hydrolysis) is 1. The van der Waals surface area contributed by atoms with Crippen LogP contribution in [0.25, 0.3) is 5.03 Å². The van der Waals surface area contributed by atoms with Crippen LogP contribution in [-0.4, -0.2) is 12.2 Å². The number of carbonyl (C=O) groups is 1. The van der Waals surface area contributed by atoms with Crippen molar-refractivity contribution in [1.82, 2.24) is 5.32 Å². The zero-order valence-corrected chi connectivity index (χ0v) is 10.3. The third-order valence-electron chi connectivity index (χ3n) is 2.62. The van der Waals surface area contributed by atoms with Gasteiger partial charge in [0.15, 0.2) is 0 Å². The fourth-order valence-electron chi connectivity index (χ4n) is 1.81. The first-order valence-electron chi connectivity index (χ1n) is 5.65. The Labute approximate surface area is 105 Å². The van der Waals surface area contributed by atoms with E-state index in [0.717, 1.165) is 18.4 Å². The molecule has 4 heteroatoms. The van der Waals surface area contributed by atoms with E-state index in [2.05, 4.69) is 5.32 Å². The minimum absolute atomic E-state index is 0.250. The Kier molecular flexibility index (Phi) is 3.69. The zero-order chi connectivity index (χ0) is 12.3. The molecule has 0 unspecified atom stereocenters. The lowest BCUT2D eigenvalue weighted by Gasteiger charge is -2.10. The van der Waals surface area contributed by atoms with E-state index in [4.69, 9.17) is 16.3 Å². The minimum Gasteiger partial charge on any atom is -0.440 e. The van der Waals surface area contributed by atoms with Crippen LogP contribution in [0, 0.1) is 0 Å². The first-order valence-corrected chi connectivity index (χ1v) is 6.03. The van der Waals surface area contributed by atoms with Crippen molar-refractivity contribution in [3.05, 3.63) is 41.6 Å². The van der Waals surface area contributed by atoms with Crippen LogP contribution < -0.4 is 5.32 Å². The van der Waals surface area contributed by atoms with Gasteiger partial charge < -0.3 is 4.74 Å². The van der Waals surface area contributed by atoms with Crippen LogP contribution >= 0.6 is 11.6 Å². The summed E-state index contributed by atoms with van der Waals surface area (Å²) in [5, 5.41) is 3.22. The molecule has 0 spiro atoms. The molecular formula is C13H14ClNO2. The van der Waals surface area contributed by atoms with E-state index in [-0.39, 0.29) is 6.10 Å². The number of cyclic esters (lactones) is 1. The monoisotopic (exact) mass is 251 g/mol. The SMILES string of the molecule is CCC[C@H]1OC(=O)N/C1=C(\Cl)c1ccccc1. The lowest BCUT2D eigenvalue weighted by Crippen LogP contribution is -2.14. The molecule has 17 heavy (non-hydrogen) atoms. The van der Waals surface area contributed by atoms with Gasteiger partial charge in [0, 0.05) is 0 Å². The van der Waals surface area contributed by atoms with Crippen molar-refractivity contribution in [2.45, 2.75) is 25.9 Å². The molecule has 1 fully saturated rings. The van der Waals surface area contributed by atoms with Gasteiger partial charge in [0.1, 0.15) is 6.10 Å². The van der Waals surface area contributed by atoms with Gasteiger partial charge in [-0.05, 0) is 12.0 Å². The number of ether oxygens (including phenoxy) is 1. The van der Waals surface area contributed by atoms with E-state index in [9.17, 15) is 4.79 Å². The molecule has 1 saturated heterocycles. The summed E-state index contributed by atoms with van der Waals surface area (Å²) in [6.07, 6.45) is 1.03. The molecule has 0 saturated carbocycles. The molecule has 1 aliphatic rings. The third kappa shape index (κ3) is 2.61. The average molecular weight is 252 g/mol. The maximum atomic E-state index is 11.2. The lowest BCUT2D eigenvalue weighted by atomic mass is 10.1. The number of hydrogen-bond donors (Lipinski definition) is 1. The molecule has 1 aromatic carbocycles. The van der Waals surface area contributed by atoms with Crippen molar-refractivity contribution in [1.29, 1.82) is 0 Å². The normalized spacial score (nSPS) is 22.0. The maximum absolute atomic E-state index is 11.2. The molecule has 2 rings (SSSR count). The Morgan fingerprint density at radius 3 is 2.76 bits per heavy atom. The quantitative estimate of drug-likeness (QED) is 0.893. The van der Waals surface area contributed by atoms with Crippen LogP contribution in [0.1, 0.15) is 25.3 Å². The summed E-state index contributed by atoms with van der Waals surface area (Å²) in [4.78, 5) is 11.2. The van der Waals surface area contributed by atoms with Crippen LogP contribution in [0.2, 0.25) is 0 Å². The second kappa shape index (κ2) is 5.23. The van der Waals surface area contributed by atoms with Crippen LogP contribution in [0.15, 0.2) is 36.0 Å². The van der Waals surface area contributed by atoms with Gasteiger partial charge in [0.05, 0.1) is 10.7 Å². The number of hydrogen-bond acceptors (Lipinski definition) is 2. The molecule has 1 N–H and O–H groups in total. The summed E-state index contributed by atoms with van der Waals surface area (Å²) in [7, 11) is 0. The Hall–Kier alpha value is -1.48. The summed E-state index contributed by atoms with van der Waals surface area (Å²) in [6, 6.07) is 9.55. The van der Waals surface area contributed by atoms with Gasteiger partial charge in [0.2, 0.25) is 0 Å². The number of nitrogens with one attached hydrogen (secondary N) is 1. The van der Waals surface area contributed by atoms with Gasteiger partial charge >= 0.3 is 6.09 Å². The molecule has 3 nitrogen and oxygen atoms in total. The summed E-state index contributed by atoms with van der Waals surface area (Å²) >= 11 is 6.29. The molecule has 1 aliphatic heterocycles. The van der Waals surface area contributed by atoms with E-state index in [1.54, 1.807) is 0 Å². The van der Waals surface area contributed by atoms with Gasteiger partial charge in [-0.15, -0.1) is 0 Å². The Morgan fingerprint density at radius 2 is 2.12 bits per heavy atom. The van der Waals surface area contributed by atoms with Crippen molar-refractivity contribution in [3.8, 4) is 0 Å². The predicted molar refractivity (Wildman–Crippen MR) is 67.5 cm³/mol. The molecule has 1 heterocycles. The van der Waals surface area contributed by atoms with Crippen LogP contribution in [0.5, 0.6) is 0 Å². The Balaban J connectivity index is 2.32. The fraction of sp³-hybridized carbons (Fsp3) is 0.308. The first kappa shape index (κ1) is 12.0. The topological polar surface area (TPSA) is 38.3 Å². The Morgan fingerprint density at radius 1 is 1.41 bits per heavy atom. The minimum atomic E-state index is -0.424. The molecule has 0 aliphatic carbocycles. The van der Waals surface area contributed by atoms with E-state index in [0.29, 0.717) is 10.7 Å². The molecule has 90 valence electrons. The van der Waals surface area contributed by atoms with Crippen molar-refractivity contribution in [2.75, 3.05) is 0 Å². The second-order valence-electron chi connectivity index (χ2n) is 3.90. The predicted octanol–water partition coefficient (Wildman–Crippen LogP) is 3.50. The average Bonchev–Trinajstić information content (AvgIpc) is 2.71. The molecule has 1 aromatic rings. The summed E-state index contributed by atoms with van der Waals surface area (Å²) in [6.45, 7) is 2.04. The fourth-order valence-corrected chi connectivity index (χ4v) is 2.10. The number of rotatable bonds is 3. The van der Waals surface area contributed by atoms with Crippen LogP contribution in [0.4, 0.5) is 4.79 Å². The standard InChI is InChI=1S/C13H14ClNO2/c1-2-6-10-12(15-13(16)17-10)11(14)9-7-4-3-5-8-9/h3-5,7-8,10H,2,6H2,1H3,(H,15,16)/b12-11-/t10-/m1/s1. The first-order chi connectivity index (χ1) is 8.22. The molecule has 0 radical (unpaired) electrons. The molecule has 1 atom stereocenters. The zero-order valence-electron chi connectivity index (χ0n) is 9.57. The van der Waals surface area contributed by atoms with Gasteiger partial charge in [-0.25, -0.2) is 4.79 Å². The second-order valence-corrected chi connectivity index (χ2v) is 4.28. The summed E-state index contributed by atoms with van der Waals surface area (Å²) in [5.74, 6) is 0. The maximum Gasteiger partial charge on any atom is 0.412 e. The van der Waals surface area contributed by atoms with Gasteiger partial charge in [0.25, 0.3) is 0 Å². The largest absolute Gasteiger partial charge is 0.440 e. The Bertz CT molecular complexity index is 442. The third-order valence-corrected chi connectivity index (χ3v) is 3.04. The molecule has 1 amide bonds. The van der Waals surface area contributed by atoms with E-state index in [1.165, 1.54) is 0 Å². The van der Waals surface area contributed by atoms with Gasteiger partial charge in [-0.2, -0.15) is 0 Å². The van der Waals surface area contributed by atoms with E-state index < -0.39 is 6.09 Å². The lowest BCUT2D eigenvalue weighted by molar-refractivity contribution is 0.141. The highest BCUT2D eigenvalue weighted by atomic mass is 35.5. The van der Waals surface area contributed by atoms with Crippen molar-refractivity contribution in [2.24, 2.45) is 0 Å². The van der Waals surface area contributed by atoms with Crippen molar-refractivity contribution >= 4 is 22.7 Å². The summed E-state index contributed by atoms with van der Waals surface area (Å²) < 4.78 is 5.16. The molecular weight excluding hydrogens is 238 g/mol. The highest BCUT2D eigenvalue weighted by Gasteiger charge is 2.30. The van der Waals surface area contributed by atoms with Crippen LogP contribution in [0.3, 0.4) is 0 Å². The van der Waals surface area contributed by atoms with Crippen molar-refractivity contribution in [3.63, 3.8) is 0 Å². The highest BCUT2D eigenvalue weighted by Crippen LogP contribution is 2.29. The highest BCUT2D eigenvalue weighted by molar-refractivity contribution is 6.49.